The summed E-state index contributed by atoms with van der Waals surface area (Å²) in [5.41, 5.74) is 6.59. The van der Waals surface area contributed by atoms with E-state index < -0.39 is 11.9 Å². The molecule has 0 unspecified atom stereocenters. The fourth-order valence-corrected chi connectivity index (χ4v) is 4.56. The van der Waals surface area contributed by atoms with E-state index in [0.29, 0.717) is 39.5 Å². The number of carbonyl (C=O) groups excluding carboxylic acids is 3. The van der Waals surface area contributed by atoms with Crippen molar-refractivity contribution in [2.45, 2.75) is 27.7 Å². The maximum absolute atomic E-state index is 13.1. The van der Waals surface area contributed by atoms with Crippen molar-refractivity contribution < 1.29 is 24.1 Å². The number of para-hydroxylation sites is 1. The van der Waals surface area contributed by atoms with Crippen LogP contribution in [-0.4, -0.2) is 39.1 Å². The smallest absolute Gasteiger partial charge is 0.323 e. The van der Waals surface area contributed by atoms with Gasteiger partial charge in [-0.25, -0.2) is 14.6 Å². The van der Waals surface area contributed by atoms with Crippen molar-refractivity contribution in [3.63, 3.8) is 0 Å². The van der Waals surface area contributed by atoms with Gasteiger partial charge in [-0.3, -0.25) is 9.69 Å². The maximum Gasteiger partial charge on any atom is 0.331 e. The summed E-state index contributed by atoms with van der Waals surface area (Å²) >= 11 is 0. The van der Waals surface area contributed by atoms with E-state index in [1.807, 2.05) is 77.7 Å². The van der Waals surface area contributed by atoms with Crippen LogP contribution in [0.3, 0.4) is 0 Å². The number of hydrogen-bond donors (Lipinski definition) is 1. The normalized spacial score (nSPS) is 11.7. The van der Waals surface area contributed by atoms with Crippen LogP contribution < -0.4 is 4.90 Å². The van der Waals surface area contributed by atoms with Crippen LogP contribution in [0.4, 0.5) is 17.3 Å². The number of anilines is 3. The largest absolute Gasteiger partial charge is 0.331 e. The maximum atomic E-state index is 13.1. The van der Waals surface area contributed by atoms with Gasteiger partial charge < -0.3 is 14.7 Å². The van der Waals surface area contributed by atoms with Crippen LogP contribution in [0.1, 0.15) is 54.7 Å². The minimum absolute atomic E-state index is 0.0773. The Balaban J connectivity index is 1.58. The second-order valence-corrected chi connectivity index (χ2v) is 9.90. The highest BCUT2D eigenvalue weighted by Gasteiger charge is 2.19. The predicted molar refractivity (Wildman–Crippen MR) is 169 cm³/mol. The molecule has 5 rings (SSSR count). The summed E-state index contributed by atoms with van der Waals surface area (Å²) < 4.78 is 0. The Labute approximate surface area is 253 Å². The fourth-order valence-electron chi connectivity index (χ4n) is 4.56. The lowest BCUT2D eigenvalue weighted by Crippen LogP contribution is -2.12. The van der Waals surface area contributed by atoms with Gasteiger partial charge in [0.15, 0.2) is 5.78 Å². The molecule has 0 bridgehead atoms. The number of H-pyrrole nitrogens is 1. The summed E-state index contributed by atoms with van der Waals surface area (Å²) in [6, 6.07) is 29.5. The molecule has 0 saturated heterocycles. The van der Waals surface area contributed by atoms with E-state index in [-0.39, 0.29) is 5.78 Å². The second-order valence-electron chi connectivity index (χ2n) is 9.90. The van der Waals surface area contributed by atoms with E-state index >= 15 is 0 Å². The SMILES string of the molecule is CC(=O)O/N=C(/C)c1ccc(N(c2ccc(C(=O)c3ccccc3)cc2)c2nc3cccc(/C(C)=N\OC(C)=O)c3[nH]2)cc1. The van der Waals surface area contributed by atoms with Gasteiger partial charge in [-0.1, -0.05) is 64.9 Å². The topological polar surface area (TPSA) is 126 Å². The molecular weight excluding hydrogens is 558 g/mol. The Kier molecular flexibility index (Phi) is 8.71. The van der Waals surface area contributed by atoms with E-state index in [0.717, 1.165) is 22.5 Å². The molecule has 0 fully saturated rings. The van der Waals surface area contributed by atoms with Crippen molar-refractivity contribution >= 4 is 57.5 Å². The highest BCUT2D eigenvalue weighted by atomic mass is 16.7. The molecule has 0 aliphatic rings. The van der Waals surface area contributed by atoms with Gasteiger partial charge in [0.2, 0.25) is 5.95 Å². The van der Waals surface area contributed by atoms with Crippen molar-refractivity contribution in [3.8, 4) is 0 Å². The number of ketones is 1. The summed E-state index contributed by atoms with van der Waals surface area (Å²) in [5, 5.41) is 7.83. The van der Waals surface area contributed by atoms with Gasteiger partial charge in [0.05, 0.1) is 22.5 Å². The average Bonchev–Trinajstić information content (AvgIpc) is 3.47. The summed E-state index contributed by atoms with van der Waals surface area (Å²) in [6.45, 7) is 6.08. The van der Waals surface area contributed by atoms with Crippen molar-refractivity contribution in [2.24, 2.45) is 10.3 Å². The van der Waals surface area contributed by atoms with Crippen molar-refractivity contribution in [1.82, 2.24) is 9.97 Å². The molecule has 0 aliphatic carbocycles. The van der Waals surface area contributed by atoms with Crippen LogP contribution in [0.2, 0.25) is 0 Å². The van der Waals surface area contributed by atoms with E-state index in [1.165, 1.54) is 13.8 Å². The molecule has 10 heteroatoms. The molecule has 5 aromatic rings. The lowest BCUT2D eigenvalue weighted by molar-refractivity contribution is -0.141. The first-order valence-corrected chi connectivity index (χ1v) is 13.7. The zero-order valence-corrected chi connectivity index (χ0v) is 24.6. The number of hydrogen-bond acceptors (Lipinski definition) is 9. The van der Waals surface area contributed by atoms with E-state index in [4.69, 9.17) is 14.7 Å². The van der Waals surface area contributed by atoms with Crippen LogP contribution in [0, 0.1) is 0 Å². The van der Waals surface area contributed by atoms with Crippen molar-refractivity contribution in [3.05, 3.63) is 119 Å². The number of rotatable bonds is 9. The molecule has 44 heavy (non-hydrogen) atoms. The molecule has 10 nitrogen and oxygen atoms in total. The first-order valence-electron chi connectivity index (χ1n) is 13.7. The van der Waals surface area contributed by atoms with Gasteiger partial charge in [0, 0.05) is 41.9 Å². The fraction of sp³-hybridized carbons (Fsp3) is 0.118. The Morgan fingerprint density at radius 2 is 1.18 bits per heavy atom. The van der Waals surface area contributed by atoms with Crippen molar-refractivity contribution in [1.29, 1.82) is 0 Å². The number of imidazole rings is 1. The zero-order chi connectivity index (χ0) is 31.2. The molecule has 0 saturated carbocycles. The minimum Gasteiger partial charge on any atom is -0.323 e. The molecule has 0 amide bonds. The number of nitrogens with one attached hydrogen (secondary N) is 1. The highest BCUT2D eigenvalue weighted by Crippen LogP contribution is 2.35. The summed E-state index contributed by atoms with van der Waals surface area (Å²) in [4.78, 5) is 55.4. The number of oxime groups is 2. The summed E-state index contributed by atoms with van der Waals surface area (Å²) in [6.07, 6.45) is 0. The first-order chi connectivity index (χ1) is 21.2. The van der Waals surface area contributed by atoms with Gasteiger partial charge >= 0.3 is 11.9 Å². The van der Waals surface area contributed by atoms with E-state index in [2.05, 4.69) is 15.3 Å². The van der Waals surface area contributed by atoms with Gasteiger partial charge in [-0.05, 0) is 61.9 Å². The minimum atomic E-state index is -0.515. The molecular formula is C34H29N5O5. The summed E-state index contributed by atoms with van der Waals surface area (Å²) in [5.74, 6) is -0.586. The standard InChI is InChI=1S/C34H29N5O5/c1-21(37-43-23(3)40)25-13-17-28(18-14-25)39(29-19-15-27(16-20-29)33(42)26-9-6-5-7-10-26)34-35-31-12-8-11-30(32(31)36-34)22(2)38-44-24(4)41/h5-20H,1-4H3,(H,35,36)/b37-21-,38-22-. The molecule has 1 heterocycles. The number of aromatic amines is 1. The Hall–Kier alpha value is -5.90. The lowest BCUT2D eigenvalue weighted by Gasteiger charge is -2.23. The van der Waals surface area contributed by atoms with Crippen LogP contribution in [0.25, 0.3) is 11.0 Å². The zero-order valence-electron chi connectivity index (χ0n) is 24.6. The molecule has 0 aliphatic heterocycles. The van der Waals surface area contributed by atoms with Gasteiger partial charge in [-0.2, -0.15) is 0 Å². The predicted octanol–water partition coefficient (Wildman–Crippen LogP) is 6.84. The van der Waals surface area contributed by atoms with Crippen LogP contribution in [0.15, 0.2) is 107 Å². The quantitative estimate of drug-likeness (QED) is 0.0866. The van der Waals surface area contributed by atoms with E-state index in [9.17, 15) is 14.4 Å². The Morgan fingerprint density at radius 1 is 0.636 bits per heavy atom. The third-order valence-corrected chi connectivity index (χ3v) is 6.70. The van der Waals surface area contributed by atoms with Gasteiger partial charge in [-0.15, -0.1) is 0 Å². The van der Waals surface area contributed by atoms with Gasteiger partial charge in [0.25, 0.3) is 0 Å². The number of carbonyl (C=O) groups is 3. The van der Waals surface area contributed by atoms with Gasteiger partial charge in [0.1, 0.15) is 0 Å². The Morgan fingerprint density at radius 3 is 1.77 bits per heavy atom. The first kappa shape index (κ1) is 29.6. The lowest BCUT2D eigenvalue weighted by atomic mass is 10.0. The van der Waals surface area contributed by atoms with Crippen LogP contribution in [-0.2, 0) is 19.3 Å². The molecule has 0 atom stereocenters. The second kappa shape index (κ2) is 13.0. The molecule has 1 N–H and O–H groups in total. The number of fused-ring (bicyclic) bond motifs is 1. The van der Waals surface area contributed by atoms with E-state index in [1.54, 1.807) is 38.1 Å². The summed E-state index contributed by atoms with van der Waals surface area (Å²) in [7, 11) is 0. The molecule has 0 radical (unpaired) electrons. The monoisotopic (exact) mass is 587 g/mol. The average molecular weight is 588 g/mol. The molecule has 1 aromatic heterocycles. The number of aromatic nitrogens is 2. The third kappa shape index (κ3) is 6.60. The number of benzene rings is 4. The molecule has 4 aromatic carbocycles. The molecule has 0 spiro atoms. The molecule has 220 valence electrons. The van der Waals surface area contributed by atoms with Crippen molar-refractivity contribution in [2.75, 3.05) is 4.90 Å². The Bertz CT molecular complexity index is 1890. The number of nitrogens with zero attached hydrogens (tertiary/aromatic N) is 4. The highest BCUT2D eigenvalue weighted by molar-refractivity contribution is 6.09. The third-order valence-electron chi connectivity index (χ3n) is 6.70. The van der Waals surface area contributed by atoms with Crippen LogP contribution in [0.5, 0.6) is 0 Å². The van der Waals surface area contributed by atoms with Crippen LogP contribution >= 0.6 is 0 Å².